The molecule has 7 nitrogen and oxygen atoms in total. The second kappa shape index (κ2) is 13.6. The minimum atomic E-state index is 0.489. The molecule has 0 atom stereocenters. The Kier molecular flexibility index (Phi) is 7.79. The topological polar surface area (TPSA) is 103 Å². The minimum Gasteiger partial charge on any atom is -0.436 e. The number of hydrogen-bond donors (Lipinski definition) is 0. The largest absolute Gasteiger partial charge is 0.436 e. The molecule has 2 heterocycles. The van der Waals surface area contributed by atoms with Crippen LogP contribution in [0, 0.1) is 22.7 Å². The van der Waals surface area contributed by atoms with E-state index in [1.165, 1.54) is 0 Å². The molecule has 11 rings (SSSR count). The molecule has 9 aromatic carbocycles. The van der Waals surface area contributed by atoms with Gasteiger partial charge < -0.3 is 13.7 Å². The fourth-order valence-electron chi connectivity index (χ4n) is 8.00. The molecule has 2 aromatic heterocycles. The predicted molar refractivity (Wildman–Crippen MR) is 235 cm³/mol. The molecule has 7 heteroatoms. The van der Waals surface area contributed by atoms with Crippen molar-refractivity contribution >= 4 is 71.6 Å². The minimum absolute atomic E-state index is 0.489. The Balaban J connectivity index is 0.970. The molecular formula is C52H29N5O2. The first-order chi connectivity index (χ1) is 29.1. The Labute approximate surface area is 337 Å². The van der Waals surface area contributed by atoms with Gasteiger partial charge in [-0.3, -0.25) is 0 Å². The molecule has 0 radical (unpaired) electrons. The van der Waals surface area contributed by atoms with Gasteiger partial charge in [0.2, 0.25) is 11.8 Å². The lowest BCUT2D eigenvalue weighted by molar-refractivity contribution is 0.619. The Morgan fingerprint density at radius 3 is 1.69 bits per heavy atom. The Bertz CT molecular complexity index is 3500. The number of fused-ring (bicyclic) bond motifs is 6. The van der Waals surface area contributed by atoms with E-state index in [0.29, 0.717) is 34.0 Å². The zero-order chi connectivity index (χ0) is 39.5. The lowest BCUT2D eigenvalue weighted by atomic mass is 9.94. The van der Waals surface area contributed by atoms with Gasteiger partial charge in [-0.25, -0.2) is 9.97 Å². The first-order valence-electron chi connectivity index (χ1n) is 19.2. The number of oxazole rings is 2. The van der Waals surface area contributed by atoms with Gasteiger partial charge in [0.1, 0.15) is 11.0 Å². The summed E-state index contributed by atoms with van der Waals surface area (Å²) >= 11 is 0. The van der Waals surface area contributed by atoms with E-state index in [4.69, 9.17) is 13.8 Å². The second-order valence-electron chi connectivity index (χ2n) is 14.5. The van der Waals surface area contributed by atoms with Crippen LogP contribution in [0.5, 0.6) is 0 Å². The maximum atomic E-state index is 9.92. The average Bonchev–Trinajstić information content (AvgIpc) is 3.94. The van der Waals surface area contributed by atoms with E-state index in [0.717, 1.165) is 82.7 Å². The number of rotatable bonds is 6. The summed E-state index contributed by atoms with van der Waals surface area (Å²) in [6.07, 6.45) is 0. The number of anilines is 3. The van der Waals surface area contributed by atoms with Crippen LogP contribution in [0.25, 0.3) is 88.6 Å². The highest BCUT2D eigenvalue weighted by Gasteiger charge is 2.17. The molecule has 0 aliphatic heterocycles. The summed E-state index contributed by atoms with van der Waals surface area (Å²) in [5.41, 5.74) is 10.8. The lowest BCUT2D eigenvalue weighted by Crippen LogP contribution is -2.09. The van der Waals surface area contributed by atoms with Gasteiger partial charge in [-0.15, -0.1) is 0 Å². The highest BCUT2D eigenvalue weighted by molar-refractivity contribution is 6.11. The molecule has 0 saturated heterocycles. The van der Waals surface area contributed by atoms with Crippen LogP contribution in [-0.4, -0.2) is 9.97 Å². The molecule has 274 valence electrons. The number of nitrogens with zero attached hydrogens (tertiary/aromatic N) is 5. The van der Waals surface area contributed by atoms with E-state index in [9.17, 15) is 10.5 Å². The van der Waals surface area contributed by atoms with Crippen molar-refractivity contribution in [2.75, 3.05) is 4.90 Å². The van der Waals surface area contributed by atoms with Crippen molar-refractivity contribution in [2.24, 2.45) is 0 Å². The van der Waals surface area contributed by atoms with Crippen molar-refractivity contribution in [1.82, 2.24) is 9.97 Å². The zero-order valence-electron chi connectivity index (χ0n) is 31.3. The van der Waals surface area contributed by atoms with E-state index < -0.39 is 0 Å². The third-order valence-electron chi connectivity index (χ3n) is 11.0. The molecule has 0 aliphatic rings. The van der Waals surface area contributed by atoms with Crippen LogP contribution in [0.3, 0.4) is 0 Å². The van der Waals surface area contributed by atoms with Gasteiger partial charge in [0.05, 0.1) is 23.3 Å². The van der Waals surface area contributed by atoms with Crippen LogP contribution in [0.4, 0.5) is 17.1 Å². The van der Waals surface area contributed by atoms with E-state index >= 15 is 0 Å². The summed E-state index contributed by atoms with van der Waals surface area (Å²) in [4.78, 5) is 11.6. The van der Waals surface area contributed by atoms with E-state index in [2.05, 4.69) is 107 Å². The fourth-order valence-corrected chi connectivity index (χ4v) is 8.00. The molecule has 0 unspecified atom stereocenters. The summed E-state index contributed by atoms with van der Waals surface area (Å²) in [7, 11) is 0. The first-order valence-corrected chi connectivity index (χ1v) is 19.2. The molecular weight excluding hydrogens is 727 g/mol. The van der Waals surface area contributed by atoms with Crippen LogP contribution >= 0.6 is 0 Å². The maximum Gasteiger partial charge on any atom is 0.227 e. The van der Waals surface area contributed by atoms with Crippen molar-refractivity contribution in [3.8, 4) is 46.2 Å². The van der Waals surface area contributed by atoms with Crippen LogP contribution in [-0.2, 0) is 0 Å². The first kappa shape index (κ1) is 33.8. The maximum absolute atomic E-state index is 9.92. The Morgan fingerprint density at radius 1 is 0.407 bits per heavy atom. The summed E-state index contributed by atoms with van der Waals surface area (Å²) in [5.74, 6) is 1.06. The van der Waals surface area contributed by atoms with Crippen LogP contribution < -0.4 is 4.90 Å². The van der Waals surface area contributed by atoms with Gasteiger partial charge >= 0.3 is 0 Å². The molecule has 0 bridgehead atoms. The van der Waals surface area contributed by atoms with Crippen molar-refractivity contribution in [2.45, 2.75) is 0 Å². The summed E-state index contributed by atoms with van der Waals surface area (Å²) < 4.78 is 12.2. The molecule has 0 saturated carbocycles. The van der Waals surface area contributed by atoms with Crippen LogP contribution in [0.2, 0.25) is 0 Å². The van der Waals surface area contributed by atoms with Gasteiger partial charge in [0.25, 0.3) is 0 Å². The molecule has 59 heavy (non-hydrogen) atoms. The van der Waals surface area contributed by atoms with Gasteiger partial charge in [-0.2, -0.15) is 10.5 Å². The van der Waals surface area contributed by atoms with E-state index in [1.807, 2.05) is 72.8 Å². The van der Waals surface area contributed by atoms with Crippen LogP contribution in [0.15, 0.2) is 185 Å². The summed E-state index contributed by atoms with van der Waals surface area (Å²) in [6.45, 7) is 0. The van der Waals surface area contributed by atoms with Gasteiger partial charge in [0, 0.05) is 39.6 Å². The molecule has 0 amide bonds. The van der Waals surface area contributed by atoms with Crippen molar-refractivity contribution in [3.63, 3.8) is 0 Å². The van der Waals surface area contributed by atoms with Gasteiger partial charge in [-0.05, 0) is 141 Å². The zero-order valence-corrected chi connectivity index (χ0v) is 31.3. The molecule has 0 aliphatic carbocycles. The third-order valence-corrected chi connectivity index (χ3v) is 11.0. The third kappa shape index (κ3) is 5.90. The Morgan fingerprint density at radius 2 is 0.983 bits per heavy atom. The van der Waals surface area contributed by atoms with Gasteiger partial charge in [0.15, 0.2) is 11.2 Å². The standard InChI is InChI=1S/C52H29N5O2/c53-30-32-9-24-48-50(25-32)59-52(56-48)34-14-20-42(21-15-34)57(41-18-12-33(13-19-41)51-55-47-7-3-4-8-49(47)58-51)43-22-16-36-26-35(10-11-38(36)29-43)37-17-23-45-39(27-37)28-40(31-54)44-5-1-2-6-46(44)45/h1-29H. The number of aromatic nitrogens is 2. The quantitative estimate of drug-likeness (QED) is 0.156. The smallest absolute Gasteiger partial charge is 0.227 e. The van der Waals surface area contributed by atoms with E-state index in [-0.39, 0.29) is 0 Å². The fraction of sp³-hybridized carbons (Fsp3) is 0. The number of nitriles is 2. The molecule has 0 spiro atoms. The van der Waals surface area contributed by atoms with E-state index in [1.54, 1.807) is 18.2 Å². The van der Waals surface area contributed by atoms with Crippen LogP contribution in [0.1, 0.15) is 11.1 Å². The number of para-hydroxylation sites is 2. The monoisotopic (exact) mass is 755 g/mol. The SMILES string of the molecule is N#Cc1ccc2nc(-c3ccc(N(c4ccc(-c5nc6ccccc6o5)cc4)c4ccc5cc(-c6ccc7c(c6)cc(C#N)c6ccccc67)ccc5c4)cc3)oc2c1. The second-order valence-corrected chi connectivity index (χ2v) is 14.5. The highest BCUT2D eigenvalue weighted by atomic mass is 16.4. The molecule has 0 fully saturated rings. The summed E-state index contributed by atoms with van der Waals surface area (Å²) in [5, 5.41) is 25.7. The average molecular weight is 756 g/mol. The van der Waals surface area contributed by atoms with Gasteiger partial charge in [-0.1, -0.05) is 66.7 Å². The normalized spacial score (nSPS) is 11.4. The van der Waals surface area contributed by atoms with Crippen molar-refractivity contribution in [3.05, 3.63) is 187 Å². The highest BCUT2D eigenvalue weighted by Crippen LogP contribution is 2.40. The Hall–Kier alpha value is -8.52. The van der Waals surface area contributed by atoms with Crippen molar-refractivity contribution in [1.29, 1.82) is 10.5 Å². The lowest BCUT2D eigenvalue weighted by Gasteiger charge is -2.26. The molecule has 0 N–H and O–H groups in total. The number of hydrogen-bond acceptors (Lipinski definition) is 7. The number of benzene rings is 9. The molecule has 11 aromatic rings. The van der Waals surface area contributed by atoms with Crippen molar-refractivity contribution < 1.29 is 8.83 Å². The summed E-state index contributed by atoms with van der Waals surface area (Å²) in [6, 6.07) is 63.6. The predicted octanol–water partition coefficient (Wildman–Crippen LogP) is 13.6.